The first kappa shape index (κ1) is 13.8. The summed E-state index contributed by atoms with van der Waals surface area (Å²) in [4.78, 5) is 12.3. The second-order valence-corrected chi connectivity index (χ2v) is 5.66. The van der Waals surface area contributed by atoms with Crippen molar-refractivity contribution in [3.8, 4) is 5.69 Å². The van der Waals surface area contributed by atoms with Crippen molar-refractivity contribution in [2.24, 2.45) is 5.73 Å². The predicted octanol–water partition coefficient (Wildman–Crippen LogP) is 1.87. The number of nitrogens with two attached hydrogens (primary N) is 1. The molecule has 0 atom stereocenters. The van der Waals surface area contributed by atoms with E-state index in [1.165, 1.54) is 0 Å². The van der Waals surface area contributed by atoms with E-state index in [1.807, 2.05) is 24.3 Å². The fourth-order valence-electron chi connectivity index (χ4n) is 2.89. The second kappa shape index (κ2) is 5.65. The molecule has 0 radical (unpaired) electrons. The van der Waals surface area contributed by atoms with Crippen molar-refractivity contribution in [3.05, 3.63) is 36.7 Å². The summed E-state index contributed by atoms with van der Waals surface area (Å²) in [5.74, 6) is -0.0491. The number of aromatic nitrogens is 3. The van der Waals surface area contributed by atoms with Crippen LogP contribution in [0.3, 0.4) is 0 Å². The van der Waals surface area contributed by atoms with Gasteiger partial charge < -0.3 is 11.1 Å². The van der Waals surface area contributed by atoms with Crippen LogP contribution in [0.4, 0.5) is 5.69 Å². The van der Waals surface area contributed by atoms with Gasteiger partial charge in [0.05, 0.1) is 23.8 Å². The maximum Gasteiger partial charge on any atom is 0.226 e. The first-order chi connectivity index (χ1) is 10.2. The zero-order valence-corrected chi connectivity index (χ0v) is 11.8. The third kappa shape index (κ3) is 3.11. The molecule has 6 heteroatoms. The van der Waals surface area contributed by atoms with Crippen LogP contribution < -0.4 is 11.1 Å². The summed E-state index contributed by atoms with van der Waals surface area (Å²) in [6.07, 6.45) is 7.77. The van der Waals surface area contributed by atoms with E-state index < -0.39 is 0 Å². The highest BCUT2D eigenvalue weighted by Crippen LogP contribution is 2.30. The molecule has 1 saturated carbocycles. The lowest BCUT2D eigenvalue weighted by atomic mass is 9.94. The van der Waals surface area contributed by atoms with E-state index in [1.54, 1.807) is 17.1 Å². The quantitative estimate of drug-likeness (QED) is 0.898. The third-order valence-corrected chi connectivity index (χ3v) is 3.96. The molecule has 1 heterocycles. The smallest absolute Gasteiger partial charge is 0.226 e. The van der Waals surface area contributed by atoms with Crippen molar-refractivity contribution in [3.63, 3.8) is 0 Å². The van der Waals surface area contributed by atoms with Gasteiger partial charge in [-0.3, -0.25) is 4.79 Å². The van der Waals surface area contributed by atoms with Crippen molar-refractivity contribution in [2.45, 2.75) is 37.6 Å². The molecule has 110 valence electrons. The number of benzene rings is 1. The van der Waals surface area contributed by atoms with E-state index in [4.69, 9.17) is 5.73 Å². The third-order valence-electron chi connectivity index (χ3n) is 3.96. The number of anilines is 1. The number of nitrogens with one attached hydrogen (secondary N) is 1. The lowest BCUT2D eigenvalue weighted by Gasteiger charge is -2.22. The van der Waals surface area contributed by atoms with Gasteiger partial charge in [0.25, 0.3) is 0 Å². The first-order valence-electron chi connectivity index (χ1n) is 7.21. The van der Waals surface area contributed by atoms with Gasteiger partial charge in [0.1, 0.15) is 0 Å². The number of carbonyl (C=O) groups is 1. The zero-order valence-electron chi connectivity index (χ0n) is 11.8. The summed E-state index contributed by atoms with van der Waals surface area (Å²) in [6.45, 7) is 0. The van der Waals surface area contributed by atoms with Gasteiger partial charge in [-0.05, 0) is 25.0 Å². The number of para-hydroxylation sites is 2. The van der Waals surface area contributed by atoms with Gasteiger partial charge in [-0.15, -0.1) is 5.10 Å². The molecule has 0 spiro atoms. The zero-order chi connectivity index (χ0) is 14.7. The molecule has 0 aliphatic heterocycles. The normalized spacial score (nSPS) is 16.8. The minimum Gasteiger partial charge on any atom is -0.325 e. The Labute approximate surface area is 123 Å². The van der Waals surface area contributed by atoms with Gasteiger partial charge in [0.15, 0.2) is 0 Å². The van der Waals surface area contributed by atoms with Crippen molar-refractivity contribution in [1.82, 2.24) is 15.0 Å². The molecule has 0 bridgehead atoms. The Morgan fingerprint density at radius 1 is 1.33 bits per heavy atom. The van der Waals surface area contributed by atoms with Gasteiger partial charge in [-0.1, -0.05) is 30.2 Å². The SMILES string of the molecule is NC1(CC(=O)Nc2ccccc2-n2ccnn2)CCCC1. The van der Waals surface area contributed by atoms with Gasteiger partial charge in [0, 0.05) is 12.0 Å². The van der Waals surface area contributed by atoms with Crippen molar-refractivity contribution >= 4 is 11.6 Å². The van der Waals surface area contributed by atoms with Crippen molar-refractivity contribution in [1.29, 1.82) is 0 Å². The maximum absolute atomic E-state index is 12.3. The van der Waals surface area contributed by atoms with E-state index in [-0.39, 0.29) is 11.4 Å². The Morgan fingerprint density at radius 3 is 2.81 bits per heavy atom. The topological polar surface area (TPSA) is 85.8 Å². The summed E-state index contributed by atoms with van der Waals surface area (Å²) in [5, 5.41) is 10.7. The maximum atomic E-state index is 12.3. The molecule has 1 amide bonds. The molecule has 21 heavy (non-hydrogen) atoms. The Hall–Kier alpha value is -2.21. The Morgan fingerprint density at radius 2 is 2.10 bits per heavy atom. The molecule has 1 aromatic heterocycles. The highest BCUT2D eigenvalue weighted by atomic mass is 16.1. The van der Waals surface area contributed by atoms with E-state index in [0.717, 1.165) is 37.1 Å². The highest BCUT2D eigenvalue weighted by molar-refractivity contribution is 5.93. The van der Waals surface area contributed by atoms with Crippen molar-refractivity contribution in [2.75, 3.05) is 5.32 Å². The molecular formula is C15H19N5O. The number of carbonyl (C=O) groups excluding carboxylic acids is 1. The number of hydrogen-bond acceptors (Lipinski definition) is 4. The molecule has 1 aromatic carbocycles. The van der Waals surface area contributed by atoms with E-state index in [0.29, 0.717) is 6.42 Å². The summed E-state index contributed by atoms with van der Waals surface area (Å²) >= 11 is 0. The minimum atomic E-state index is -0.341. The van der Waals surface area contributed by atoms with Gasteiger partial charge >= 0.3 is 0 Å². The van der Waals surface area contributed by atoms with Crippen LogP contribution >= 0.6 is 0 Å². The minimum absolute atomic E-state index is 0.0491. The monoisotopic (exact) mass is 285 g/mol. The average Bonchev–Trinajstić information content (AvgIpc) is 3.11. The van der Waals surface area contributed by atoms with Crippen LogP contribution in [0.2, 0.25) is 0 Å². The van der Waals surface area contributed by atoms with Gasteiger partial charge in [0.2, 0.25) is 5.91 Å². The van der Waals surface area contributed by atoms with Gasteiger partial charge in [-0.25, -0.2) is 4.68 Å². The number of hydrogen-bond donors (Lipinski definition) is 2. The van der Waals surface area contributed by atoms with Crippen LogP contribution in [-0.4, -0.2) is 26.4 Å². The van der Waals surface area contributed by atoms with Gasteiger partial charge in [-0.2, -0.15) is 0 Å². The molecule has 2 aromatic rings. The van der Waals surface area contributed by atoms with E-state index in [2.05, 4.69) is 15.6 Å². The molecule has 1 aliphatic rings. The average molecular weight is 285 g/mol. The largest absolute Gasteiger partial charge is 0.325 e. The molecule has 0 saturated heterocycles. The molecule has 6 nitrogen and oxygen atoms in total. The lowest BCUT2D eigenvalue weighted by Crippen LogP contribution is -2.40. The molecular weight excluding hydrogens is 266 g/mol. The van der Waals surface area contributed by atoms with Crippen LogP contribution in [0.15, 0.2) is 36.7 Å². The van der Waals surface area contributed by atoms with Crippen LogP contribution in [0, 0.1) is 0 Å². The highest BCUT2D eigenvalue weighted by Gasteiger charge is 2.31. The number of rotatable bonds is 4. The molecule has 3 rings (SSSR count). The summed E-state index contributed by atoms with van der Waals surface area (Å²) < 4.78 is 1.63. The fourth-order valence-corrected chi connectivity index (χ4v) is 2.89. The molecule has 1 fully saturated rings. The lowest BCUT2D eigenvalue weighted by molar-refractivity contribution is -0.117. The molecule has 1 aliphatic carbocycles. The number of nitrogens with zero attached hydrogens (tertiary/aromatic N) is 3. The second-order valence-electron chi connectivity index (χ2n) is 5.66. The summed E-state index contributed by atoms with van der Waals surface area (Å²) in [5.41, 5.74) is 7.43. The van der Waals surface area contributed by atoms with E-state index >= 15 is 0 Å². The predicted molar refractivity (Wildman–Crippen MR) is 80.0 cm³/mol. The van der Waals surface area contributed by atoms with Crippen LogP contribution in [0.1, 0.15) is 32.1 Å². The fraction of sp³-hybridized carbons (Fsp3) is 0.400. The Kier molecular flexibility index (Phi) is 3.70. The van der Waals surface area contributed by atoms with Crippen LogP contribution in [-0.2, 0) is 4.79 Å². The van der Waals surface area contributed by atoms with Crippen LogP contribution in [0.5, 0.6) is 0 Å². The molecule has 0 unspecified atom stereocenters. The summed E-state index contributed by atoms with van der Waals surface area (Å²) in [7, 11) is 0. The Bertz CT molecular complexity index is 617. The van der Waals surface area contributed by atoms with Crippen molar-refractivity contribution < 1.29 is 4.79 Å². The standard InChI is InChI=1S/C15H19N5O/c16-15(7-3-4-8-15)11-14(21)18-12-5-1-2-6-13(12)20-10-9-17-19-20/h1-2,5-6,9-10H,3-4,7-8,11,16H2,(H,18,21). The summed E-state index contributed by atoms with van der Waals surface area (Å²) in [6, 6.07) is 7.52. The van der Waals surface area contributed by atoms with Crippen LogP contribution in [0.25, 0.3) is 5.69 Å². The van der Waals surface area contributed by atoms with E-state index in [9.17, 15) is 4.79 Å². The first-order valence-corrected chi connectivity index (χ1v) is 7.21. The Balaban J connectivity index is 1.74. The molecule has 3 N–H and O–H groups in total. The number of amides is 1.